The first-order valence-electron chi connectivity index (χ1n) is 8.03. The second kappa shape index (κ2) is 5.90. The largest absolute Gasteiger partial charge is 0.462 e. The lowest BCUT2D eigenvalue weighted by Crippen LogP contribution is -2.24. The van der Waals surface area contributed by atoms with Gasteiger partial charge in [0.25, 0.3) is 0 Å². The van der Waals surface area contributed by atoms with E-state index in [9.17, 15) is 5.11 Å². The first kappa shape index (κ1) is 15.3. The monoisotopic (exact) mass is 299 g/mol. The smallest absolute Gasteiger partial charge is 0.135 e. The van der Waals surface area contributed by atoms with Gasteiger partial charge in [0.15, 0.2) is 0 Å². The zero-order valence-electron chi connectivity index (χ0n) is 13.7. The third-order valence-electron chi connectivity index (χ3n) is 4.19. The van der Waals surface area contributed by atoms with Gasteiger partial charge in [-0.15, -0.1) is 0 Å². The predicted octanol–water partition coefficient (Wildman–Crippen LogP) is 3.98. The Kier molecular flexibility index (Phi) is 4.11. The molecule has 3 rings (SSSR count). The number of hydrogen-bond acceptors (Lipinski definition) is 3. The van der Waals surface area contributed by atoms with E-state index in [-0.39, 0.29) is 0 Å². The molecule has 1 aromatic heterocycles. The van der Waals surface area contributed by atoms with Crippen LogP contribution in [0.1, 0.15) is 49.3 Å². The van der Waals surface area contributed by atoms with Gasteiger partial charge in [0.05, 0.1) is 6.54 Å². The van der Waals surface area contributed by atoms with Gasteiger partial charge in [0.2, 0.25) is 0 Å². The Morgan fingerprint density at radius 3 is 2.32 bits per heavy atom. The number of furan rings is 1. The Bertz CT molecular complexity index is 618. The van der Waals surface area contributed by atoms with Crippen molar-refractivity contribution in [2.24, 2.45) is 0 Å². The van der Waals surface area contributed by atoms with E-state index in [1.807, 2.05) is 12.1 Å². The van der Waals surface area contributed by atoms with Crippen LogP contribution < -0.4 is 0 Å². The lowest BCUT2D eigenvalue weighted by Gasteiger charge is -2.21. The van der Waals surface area contributed by atoms with Crippen LogP contribution >= 0.6 is 0 Å². The molecule has 1 aliphatic carbocycles. The highest BCUT2D eigenvalue weighted by Crippen LogP contribution is 2.31. The maximum atomic E-state index is 10.0. The lowest BCUT2D eigenvalue weighted by molar-refractivity contribution is 0.0515. The van der Waals surface area contributed by atoms with Crippen LogP contribution in [-0.2, 0) is 18.7 Å². The van der Waals surface area contributed by atoms with E-state index in [0.29, 0.717) is 11.8 Å². The summed E-state index contributed by atoms with van der Waals surface area (Å²) in [6.07, 6.45) is 2.54. The molecule has 2 aromatic rings. The summed E-state index contributed by atoms with van der Waals surface area (Å²) in [4.78, 5) is 2.47. The highest BCUT2D eigenvalue weighted by atomic mass is 16.4. The molecule has 0 radical (unpaired) electrons. The summed E-state index contributed by atoms with van der Waals surface area (Å²) in [5, 5.41) is 10.0. The molecule has 0 amide bonds. The third-order valence-corrected chi connectivity index (χ3v) is 4.19. The van der Waals surface area contributed by atoms with E-state index in [4.69, 9.17) is 4.42 Å². The van der Waals surface area contributed by atoms with Crippen molar-refractivity contribution in [1.29, 1.82) is 0 Å². The quantitative estimate of drug-likeness (QED) is 0.876. The van der Waals surface area contributed by atoms with Crippen LogP contribution in [0.3, 0.4) is 0 Å². The van der Waals surface area contributed by atoms with Gasteiger partial charge in [-0.1, -0.05) is 29.8 Å². The average Bonchev–Trinajstić information content (AvgIpc) is 3.19. The van der Waals surface area contributed by atoms with Gasteiger partial charge in [0.1, 0.15) is 17.1 Å². The van der Waals surface area contributed by atoms with E-state index in [2.05, 4.69) is 36.1 Å². The second-order valence-corrected chi connectivity index (χ2v) is 6.95. The molecule has 0 unspecified atom stereocenters. The number of aliphatic hydroxyl groups is 1. The van der Waals surface area contributed by atoms with E-state index in [1.54, 1.807) is 13.8 Å². The van der Waals surface area contributed by atoms with Crippen LogP contribution in [0.25, 0.3) is 0 Å². The molecule has 118 valence electrons. The SMILES string of the molecule is Cc1ccc(CN(Cc2ccc(C(C)(C)O)o2)C2CC2)cc1. The van der Waals surface area contributed by atoms with E-state index < -0.39 is 5.60 Å². The van der Waals surface area contributed by atoms with Crippen molar-refractivity contribution >= 4 is 0 Å². The number of rotatable bonds is 6. The molecule has 0 saturated heterocycles. The van der Waals surface area contributed by atoms with E-state index in [0.717, 1.165) is 18.8 Å². The average molecular weight is 299 g/mol. The highest BCUT2D eigenvalue weighted by molar-refractivity contribution is 5.21. The summed E-state index contributed by atoms with van der Waals surface area (Å²) < 4.78 is 5.82. The van der Waals surface area contributed by atoms with Crippen LogP contribution in [0.15, 0.2) is 40.8 Å². The molecule has 1 N–H and O–H groups in total. The van der Waals surface area contributed by atoms with Crippen LogP contribution in [-0.4, -0.2) is 16.0 Å². The fourth-order valence-corrected chi connectivity index (χ4v) is 2.67. The Morgan fingerprint density at radius 1 is 1.09 bits per heavy atom. The van der Waals surface area contributed by atoms with Gasteiger partial charge < -0.3 is 9.52 Å². The Morgan fingerprint density at radius 2 is 1.77 bits per heavy atom. The standard InChI is InChI=1S/C19H25NO2/c1-14-4-6-15(7-5-14)12-20(16-8-9-16)13-17-10-11-18(22-17)19(2,3)21/h4-7,10-11,16,21H,8-9,12-13H2,1-3H3. The fourth-order valence-electron chi connectivity index (χ4n) is 2.67. The van der Waals surface area contributed by atoms with Gasteiger partial charge >= 0.3 is 0 Å². The summed E-state index contributed by atoms with van der Waals surface area (Å²) in [6.45, 7) is 7.36. The van der Waals surface area contributed by atoms with Gasteiger partial charge in [-0.25, -0.2) is 0 Å². The first-order valence-corrected chi connectivity index (χ1v) is 8.03. The molecule has 0 aliphatic heterocycles. The molecule has 1 saturated carbocycles. The maximum absolute atomic E-state index is 10.0. The first-order chi connectivity index (χ1) is 10.4. The zero-order valence-corrected chi connectivity index (χ0v) is 13.7. The van der Waals surface area contributed by atoms with Crippen LogP contribution in [0, 0.1) is 6.92 Å². The molecule has 1 fully saturated rings. The molecule has 0 atom stereocenters. The van der Waals surface area contributed by atoms with Crippen LogP contribution in [0.5, 0.6) is 0 Å². The highest BCUT2D eigenvalue weighted by Gasteiger charge is 2.30. The molecular formula is C19H25NO2. The van der Waals surface area contributed by atoms with Crippen molar-refractivity contribution in [3.8, 4) is 0 Å². The summed E-state index contributed by atoms with van der Waals surface area (Å²) in [6, 6.07) is 13.3. The predicted molar refractivity (Wildman–Crippen MR) is 87.4 cm³/mol. The van der Waals surface area contributed by atoms with Crippen molar-refractivity contribution in [2.45, 2.75) is 58.3 Å². The lowest BCUT2D eigenvalue weighted by atomic mass is 10.1. The van der Waals surface area contributed by atoms with Gasteiger partial charge in [-0.2, -0.15) is 0 Å². The minimum absolute atomic E-state index is 0.633. The van der Waals surface area contributed by atoms with Crippen molar-refractivity contribution < 1.29 is 9.52 Å². The molecule has 0 spiro atoms. The zero-order chi connectivity index (χ0) is 15.7. The van der Waals surface area contributed by atoms with Crippen molar-refractivity contribution in [2.75, 3.05) is 0 Å². The molecule has 22 heavy (non-hydrogen) atoms. The molecular weight excluding hydrogens is 274 g/mol. The Hall–Kier alpha value is -1.58. The molecule has 3 nitrogen and oxygen atoms in total. The number of nitrogens with zero attached hydrogens (tertiary/aromatic N) is 1. The Labute approximate surface area is 132 Å². The summed E-state index contributed by atoms with van der Waals surface area (Å²) in [5.74, 6) is 1.56. The van der Waals surface area contributed by atoms with Crippen molar-refractivity contribution in [3.63, 3.8) is 0 Å². The van der Waals surface area contributed by atoms with E-state index >= 15 is 0 Å². The van der Waals surface area contributed by atoms with E-state index in [1.165, 1.54) is 24.0 Å². The number of benzene rings is 1. The Balaban J connectivity index is 1.69. The van der Waals surface area contributed by atoms with Gasteiger partial charge in [0, 0.05) is 12.6 Å². The minimum atomic E-state index is -0.917. The van der Waals surface area contributed by atoms with Crippen LogP contribution in [0.4, 0.5) is 0 Å². The number of hydrogen-bond donors (Lipinski definition) is 1. The van der Waals surface area contributed by atoms with Crippen molar-refractivity contribution in [3.05, 3.63) is 59.0 Å². The second-order valence-electron chi connectivity index (χ2n) is 6.95. The summed E-state index contributed by atoms with van der Waals surface area (Å²) in [7, 11) is 0. The maximum Gasteiger partial charge on any atom is 0.135 e. The molecule has 0 bridgehead atoms. The molecule has 3 heteroatoms. The summed E-state index contributed by atoms with van der Waals surface area (Å²) in [5.41, 5.74) is 1.72. The third kappa shape index (κ3) is 3.79. The van der Waals surface area contributed by atoms with Gasteiger partial charge in [-0.05, 0) is 51.3 Å². The fraction of sp³-hybridized carbons (Fsp3) is 0.474. The number of aryl methyl sites for hydroxylation is 1. The normalized spacial score (nSPS) is 15.5. The summed E-state index contributed by atoms with van der Waals surface area (Å²) >= 11 is 0. The molecule has 1 aliphatic rings. The molecule has 1 aromatic carbocycles. The van der Waals surface area contributed by atoms with Gasteiger partial charge in [-0.3, -0.25) is 4.90 Å². The van der Waals surface area contributed by atoms with Crippen molar-refractivity contribution in [1.82, 2.24) is 4.90 Å². The van der Waals surface area contributed by atoms with Crippen LogP contribution in [0.2, 0.25) is 0 Å². The molecule has 1 heterocycles. The topological polar surface area (TPSA) is 36.6 Å². The minimum Gasteiger partial charge on any atom is -0.462 e.